The largest absolute Gasteiger partial charge is 0.376 e. The Balaban J connectivity index is 1.45. The third kappa shape index (κ3) is 3.67. The van der Waals surface area contributed by atoms with Crippen molar-refractivity contribution in [1.29, 1.82) is 0 Å². The fraction of sp³-hybridized carbons (Fsp3) is 0.533. The lowest BCUT2D eigenvalue weighted by atomic mass is 10.3. The second-order valence-electron chi connectivity index (χ2n) is 5.32. The summed E-state index contributed by atoms with van der Waals surface area (Å²) in [6, 6.07) is 4.01. The van der Waals surface area contributed by atoms with Crippen molar-refractivity contribution in [2.24, 2.45) is 5.92 Å². The maximum absolute atomic E-state index is 12.0. The van der Waals surface area contributed by atoms with Gasteiger partial charge in [-0.1, -0.05) is 6.07 Å². The van der Waals surface area contributed by atoms with Crippen molar-refractivity contribution < 1.29 is 9.53 Å². The first-order chi connectivity index (χ1) is 9.31. The van der Waals surface area contributed by atoms with Gasteiger partial charge in [0.05, 0.1) is 6.10 Å². The highest BCUT2D eigenvalue weighted by atomic mass is 32.1. The fourth-order valence-electron chi connectivity index (χ4n) is 2.27. The Kier molecular flexibility index (Phi) is 3.99. The Morgan fingerprint density at radius 3 is 3.11 bits per heavy atom. The van der Waals surface area contributed by atoms with Crippen LogP contribution in [-0.2, 0) is 9.53 Å². The quantitative estimate of drug-likeness (QED) is 0.775. The highest BCUT2D eigenvalue weighted by molar-refractivity contribution is 7.10. The van der Waals surface area contributed by atoms with Crippen LogP contribution >= 0.6 is 11.3 Å². The van der Waals surface area contributed by atoms with Gasteiger partial charge in [-0.25, -0.2) is 0 Å². The Morgan fingerprint density at radius 2 is 2.37 bits per heavy atom. The molecule has 2 fully saturated rings. The minimum Gasteiger partial charge on any atom is -0.376 e. The van der Waals surface area contributed by atoms with Gasteiger partial charge >= 0.3 is 0 Å². The lowest BCUT2D eigenvalue weighted by Crippen LogP contribution is -2.28. The average molecular weight is 277 g/mol. The molecule has 3 nitrogen and oxygen atoms in total. The predicted molar refractivity (Wildman–Crippen MR) is 77.0 cm³/mol. The summed E-state index contributed by atoms with van der Waals surface area (Å²) in [6.45, 7) is 2.46. The lowest BCUT2D eigenvalue weighted by molar-refractivity contribution is -0.125. The van der Waals surface area contributed by atoms with Crippen LogP contribution in [0, 0.1) is 5.92 Å². The Bertz CT molecular complexity index is 451. The third-order valence-corrected chi connectivity index (χ3v) is 4.49. The van der Waals surface area contributed by atoms with Gasteiger partial charge in [0.1, 0.15) is 0 Å². The second-order valence-corrected chi connectivity index (χ2v) is 6.30. The second kappa shape index (κ2) is 5.88. The summed E-state index contributed by atoms with van der Waals surface area (Å²) in [4.78, 5) is 15.0. The first-order valence-corrected chi connectivity index (χ1v) is 7.81. The number of hydrogen-bond donors (Lipinski definition) is 0. The van der Waals surface area contributed by atoms with Crippen molar-refractivity contribution in [2.45, 2.75) is 25.4 Å². The molecular formula is C15H19NO2S. The zero-order chi connectivity index (χ0) is 13.1. The first kappa shape index (κ1) is 12.9. The highest BCUT2D eigenvalue weighted by Gasteiger charge is 2.28. The molecule has 1 saturated heterocycles. The summed E-state index contributed by atoms with van der Waals surface area (Å²) in [5, 5.41) is 2.02. The van der Waals surface area contributed by atoms with E-state index in [9.17, 15) is 4.79 Å². The van der Waals surface area contributed by atoms with Crippen LogP contribution in [0.5, 0.6) is 0 Å². The standard InChI is InChI=1S/C15H19NO2S/c17-15(6-5-14-2-1-9-19-14)16-8-7-13(10-16)18-11-12-3-4-12/h1-2,5-6,9,12-13H,3-4,7-8,10-11H2/b6-5+/t13-/m1/s1. The molecule has 102 valence electrons. The summed E-state index contributed by atoms with van der Waals surface area (Å²) in [5.41, 5.74) is 0. The Morgan fingerprint density at radius 1 is 1.47 bits per heavy atom. The summed E-state index contributed by atoms with van der Waals surface area (Å²) in [5.74, 6) is 0.898. The summed E-state index contributed by atoms with van der Waals surface area (Å²) in [6.07, 6.45) is 7.43. The molecule has 1 aromatic rings. The molecule has 3 rings (SSSR count). The first-order valence-electron chi connectivity index (χ1n) is 6.93. The van der Waals surface area contributed by atoms with E-state index in [1.807, 2.05) is 28.5 Å². The maximum Gasteiger partial charge on any atom is 0.246 e. The van der Waals surface area contributed by atoms with Crippen molar-refractivity contribution in [3.8, 4) is 0 Å². The van der Waals surface area contributed by atoms with Crippen LogP contribution in [-0.4, -0.2) is 36.6 Å². The molecule has 0 N–H and O–H groups in total. The number of carbonyl (C=O) groups is 1. The van der Waals surface area contributed by atoms with Crippen LogP contribution < -0.4 is 0 Å². The molecule has 0 aromatic carbocycles. The van der Waals surface area contributed by atoms with E-state index < -0.39 is 0 Å². The van der Waals surface area contributed by atoms with E-state index in [-0.39, 0.29) is 12.0 Å². The van der Waals surface area contributed by atoms with Crippen LogP contribution in [0.1, 0.15) is 24.1 Å². The fourth-order valence-corrected chi connectivity index (χ4v) is 2.88. The topological polar surface area (TPSA) is 29.5 Å². The van der Waals surface area contributed by atoms with E-state index in [4.69, 9.17) is 4.74 Å². The predicted octanol–water partition coefficient (Wildman–Crippen LogP) is 2.79. The van der Waals surface area contributed by atoms with E-state index in [2.05, 4.69) is 0 Å². The molecule has 0 radical (unpaired) electrons. The van der Waals surface area contributed by atoms with Crippen LogP contribution in [0.2, 0.25) is 0 Å². The van der Waals surface area contributed by atoms with Gasteiger partial charge < -0.3 is 9.64 Å². The molecule has 1 aliphatic heterocycles. The minimum atomic E-state index is 0.103. The minimum absolute atomic E-state index is 0.103. The number of amides is 1. The van der Waals surface area contributed by atoms with Crippen LogP contribution in [0.15, 0.2) is 23.6 Å². The van der Waals surface area contributed by atoms with E-state index in [0.717, 1.165) is 36.9 Å². The molecule has 1 aliphatic carbocycles. The van der Waals surface area contributed by atoms with Gasteiger partial charge in [0.25, 0.3) is 0 Å². The lowest BCUT2D eigenvalue weighted by Gasteiger charge is -2.14. The maximum atomic E-state index is 12.0. The van der Waals surface area contributed by atoms with Crippen LogP contribution in [0.25, 0.3) is 6.08 Å². The molecule has 1 aromatic heterocycles. The molecule has 4 heteroatoms. The van der Waals surface area contributed by atoms with Crippen molar-refractivity contribution in [3.05, 3.63) is 28.5 Å². The molecule has 1 atom stereocenters. The Hall–Kier alpha value is -1.13. The molecule has 2 heterocycles. The summed E-state index contributed by atoms with van der Waals surface area (Å²) < 4.78 is 5.84. The number of likely N-dealkylation sites (tertiary alicyclic amines) is 1. The zero-order valence-electron chi connectivity index (χ0n) is 11.0. The van der Waals surface area contributed by atoms with Crippen LogP contribution in [0.4, 0.5) is 0 Å². The van der Waals surface area contributed by atoms with Crippen LogP contribution in [0.3, 0.4) is 0 Å². The van der Waals surface area contributed by atoms with E-state index in [0.29, 0.717) is 0 Å². The molecule has 1 saturated carbocycles. The van der Waals surface area contributed by atoms with Gasteiger partial charge in [0.2, 0.25) is 5.91 Å². The van der Waals surface area contributed by atoms with Crippen molar-refractivity contribution in [3.63, 3.8) is 0 Å². The number of carbonyl (C=O) groups excluding carboxylic acids is 1. The molecule has 2 aliphatic rings. The van der Waals surface area contributed by atoms with Crippen molar-refractivity contribution in [2.75, 3.05) is 19.7 Å². The smallest absolute Gasteiger partial charge is 0.246 e. The molecule has 0 bridgehead atoms. The van der Waals surface area contributed by atoms with E-state index >= 15 is 0 Å². The van der Waals surface area contributed by atoms with Gasteiger partial charge in [-0.05, 0) is 42.7 Å². The highest BCUT2D eigenvalue weighted by Crippen LogP contribution is 2.30. The average Bonchev–Trinajstić information content (AvgIpc) is 2.94. The van der Waals surface area contributed by atoms with Gasteiger partial charge in [0, 0.05) is 30.6 Å². The third-order valence-electron chi connectivity index (χ3n) is 3.65. The number of nitrogens with zero attached hydrogens (tertiary/aromatic N) is 1. The SMILES string of the molecule is O=C(/C=C/c1cccs1)N1CC[C@@H](OCC2CC2)C1. The molecule has 0 spiro atoms. The van der Waals surface area contributed by atoms with Gasteiger partial charge in [-0.3, -0.25) is 4.79 Å². The normalized spacial score (nSPS) is 23.4. The van der Waals surface area contributed by atoms with Crippen molar-refractivity contribution >= 4 is 23.3 Å². The van der Waals surface area contributed by atoms with Crippen molar-refractivity contribution in [1.82, 2.24) is 4.90 Å². The Labute approximate surface area is 117 Å². The molecule has 19 heavy (non-hydrogen) atoms. The monoisotopic (exact) mass is 277 g/mol. The summed E-state index contributed by atoms with van der Waals surface area (Å²) >= 11 is 1.64. The zero-order valence-corrected chi connectivity index (χ0v) is 11.8. The number of rotatable bonds is 5. The number of ether oxygens (including phenoxy) is 1. The van der Waals surface area contributed by atoms with Gasteiger partial charge in [0.15, 0.2) is 0 Å². The number of thiophene rings is 1. The molecule has 0 unspecified atom stereocenters. The van der Waals surface area contributed by atoms with E-state index in [1.54, 1.807) is 17.4 Å². The number of hydrogen-bond acceptors (Lipinski definition) is 3. The molecular weight excluding hydrogens is 258 g/mol. The summed E-state index contributed by atoms with van der Waals surface area (Å²) in [7, 11) is 0. The molecule has 1 amide bonds. The van der Waals surface area contributed by atoms with E-state index in [1.165, 1.54) is 12.8 Å². The van der Waals surface area contributed by atoms with Gasteiger partial charge in [-0.2, -0.15) is 0 Å². The van der Waals surface area contributed by atoms with Gasteiger partial charge in [-0.15, -0.1) is 11.3 Å².